The molecular formula is C20H20N4O3S. The maximum atomic E-state index is 12.4. The van der Waals surface area contributed by atoms with Gasteiger partial charge in [-0.2, -0.15) is 4.99 Å². The Bertz CT molecular complexity index is 1030. The van der Waals surface area contributed by atoms with Crippen LogP contribution in [0.5, 0.6) is 11.5 Å². The van der Waals surface area contributed by atoms with Crippen molar-refractivity contribution < 1.29 is 14.3 Å². The number of benzene rings is 2. The Morgan fingerprint density at radius 2 is 1.93 bits per heavy atom. The molecule has 0 saturated heterocycles. The van der Waals surface area contributed by atoms with Gasteiger partial charge in [-0.25, -0.2) is 4.79 Å². The molecular weight excluding hydrogens is 376 g/mol. The van der Waals surface area contributed by atoms with Crippen molar-refractivity contribution in [2.75, 3.05) is 0 Å². The molecule has 2 aromatic carbocycles. The maximum absolute atomic E-state index is 12.4. The van der Waals surface area contributed by atoms with E-state index in [1.807, 2.05) is 49.0 Å². The van der Waals surface area contributed by atoms with E-state index >= 15 is 0 Å². The fraction of sp³-hybridized carbons (Fsp3) is 0.150. The standard InChI is InChI=1S/C20H20N4O3S/c1-24-10-11-28-20(24)23-18(25)13-17(22-19(21)26)14-6-5-9-16(12-14)27-15-7-3-2-4-8-15/h2-12,17H,13H2,1H3,(H3,21,22,26). The van der Waals surface area contributed by atoms with Crippen molar-refractivity contribution in [3.63, 3.8) is 0 Å². The van der Waals surface area contributed by atoms with Gasteiger partial charge in [-0.3, -0.25) is 4.79 Å². The molecule has 28 heavy (non-hydrogen) atoms. The predicted octanol–water partition coefficient (Wildman–Crippen LogP) is 3.11. The summed E-state index contributed by atoms with van der Waals surface area (Å²) < 4.78 is 7.58. The number of carbonyl (C=O) groups excluding carboxylic acids is 2. The quantitative estimate of drug-likeness (QED) is 0.670. The van der Waals surface area contributed by atoms with Gasteiger partial charge in [0, 0.05) is 18.6 Å². The summed E-state index contributed by atoms with van der Waals surface area (Å²) in [5.74, 6) is 0.926. The number of aromatic nitrogens is 1. The van der Waals surface area contributed by atoms with Gasteiger partial charge in [-0.15, -0.1) is 11.3 Å². The van der Waals surface area contributed by atoms with Crippen LogP contribution >= 0.6 is 11.3 Å². The molecule has 0 radical (unpaired) electrons. The monoisotopic (exact) mass is 396 g/mol. The summed E-state index contributed by atoms with van der Waals surface area (Å²) >= 11 is 1.36. The fourth-order valence-corrected chi connectivity index (χ4v) is 3.35. The fourth-order valence-electron chi connectivity index (χ4n) is 2.60. The number of hydrogen-bond acceptors (Lipinski definition) is 4. The number of primary amides is 1. The zero-order valence-corrected chi connectivity index (χ0v) is 16.1. The number of nitrogens with one attached hydrogen (secondary N) is 1. The summed E-state index contributed by atoms with van der Waals surface area (Å²) in [4.78, 5) is 28.5. The highest BCUT2D eigenvalue weighted by atomic mass is 32.1. The van der Waals surface area contributed by atoms with E-state index in [1.54, 1.807) is 28.8 Å². The van der Waals surface area contributed by atoms with Crippen LogP contribution in [-0.4, -0.2) is 16.5 Å². The molecule has 3 aromatic rings. The molecule has 0 aliphatic rings. The number of nitrogens with zero attached hydrogens (tertiary/aromatic N) is 2. The summed E-state index contributed by atoms with van der Waals surface area (Å²) in [6.45, 7) is 0. The minimum atomic E-state index is -0.714. The number of nitrogens with two attached hydrogens (primary N) is 1. The Labute approximate surface area is 166 Å². The zero-order valence-electron chi connectivity index (χ0n) is 15.2. The minimum Gasteiger partial charge on any atom is -0.457 e. The number of carbonyl (C=O) groups is 2. The highest BCUT2D eigenvalue weighted by Gasteiger charge is 2.18. The molecule has 0 bridgehead atoms. The molecule has 7 nitrogen and oxygen atoms in total. The Balaban J connectivity index is 1.81. The first kappa shape index (κ1) is 19.4. The van der Waals surface area contributed by atoms with Crippen molar-refractivity contribution in [2.45, 2.75) is 12.5 Å². The summed E-state index contributed by atoms with van der Waals surface area (Å²) in [5, 5.41) is 4.45. The molecule has 3 N–H and O–H groups in total. The van der Waals surface area contributed by atoms with Crippen LogP contribution in [0.15, 0.2) is 71.2 Å². The largest absolute Gasteiger partial charge is 0.457 e. The molecule has 1 heterocycles. The highest BCUT2D eigenvalue weighted by molar-refractivity contribution is 7.07. The number of urea groups is 1. The van der Waals surface area contributed by atoms with Crippen LogP contribution in [0, 0.1) is 0 Å². The van der Waals surface area contributed by atoms with Crippen molar-refractivity contribution >= 4 is 23.3 Å². The van der Waals surface area contributed by atoms with Crippen LogP contribution < -0.4 is 20.6 Å². The molecule has 144 valence electrons. The highest BCUT2D eigenvalue weighted by Crippen LogP contribution is 2.26. The third-order valence-corrected chi connectivity index (χ3v) is 4.76. The molecule has 1 atom stereocenters. The molecule has 0 aliphatic carbocycles. The molecule has 0 aliphatic heterocycles. The summed E-state index contributed by atoms with van der Waals surface area (Å²) in [6, 6.07) is 15.2. The van der Waals surface area contributed by atoms with Crippen LogP contribution in [0.1, 0.15) is 18.0 Å². The smallest absolute Gasteiger partial charge is 0.312 e. The van der Waals surface area contributed by atoms with E-state index in [4.69, 9.17) is 10.5 Å². The molecule has 3 rings (SSSR count). The zero-order chi connectivity index (χ0) is 19.9. The predicted molar refractivity (Wildman–Crippen MR) is 107 cm³/mol. The third-order valence-electron chi connectivity index (χ3n) is 3.91. The van der Waals surface area contributed by atoms with Crippen molar-refractivity contribution in [3.8, 4) is 11.5 Å². The van der Waals surface area contributed by atoms with Gasteiger partial charge in [0.25, 0.3) is 5.91 Å². The Hall–Kier alpha value is -3.39. The Kier molecular flexibility index (Phi) is 6.23. The molecule has 0 fully saturated rings. The van der Waals surface area contributed by atoms with E-state index in [-0.39, 0.29) is 12.3 Å². The van der Waals surface area contributed by atoms with E-state index < -0.39 is 12.1 Å². The van der Waals surface area contributed by atoms with Crippen molar-refractivity contribution in [3.05, 3.63) is 76.5 Å². The summed E-state index contributed by atoms with van der Waals surface area (Å²) in [7, 11) is 1.81. The van der Waals surface area contributed by atoms with E-state index in [9.17, 15) is 9.59 Å². The molecule has 8 heteroatoms. The molecule has 1 aromatic heterocycles. The van der Waals surface area contributed by atoms with E-state index in [2.05, 4.69) is 10.3 Å². The van der Waals surface area contributed by atoms with Gasteiger partial charge in [-0.05, 0) is 29.8 Å². The number of amides is 3. The van der Waals surface area contributed by atoms with Gasteiger partial charge < -0.3 is 20.4 Å². The van der Waals surface area contributed by atoms with Gasteiger partial charge in [-0.1, -0.05) is 30.3 Å². The molecule has 3 amide bonds. The summed E-state index contributed by atoms with van der Waals surface area (Å²) in [5.41, 5.74) is 6.00. The molecule has 1 unspecified atom stereocenters. The first-order valence-electron chi connectivity index (χ1n) is 8.58. The van der Waals surface area contributed by atoms with Crippen LogP contribution in [0.25, 0.3) is 0 Å². The topological polar surface area (TPSA) is 98.7 Å². The summed E-state index contributed by atoms with van der Waals surface area (Å²) in [6.07, 6.45) is 1.80. The first-order valence-corrected chi connectivity index (χ1v) is 9.46. The van der Waals surface area contributed by atoms with Gasteiger partial charge in [0.1, 0.15) is 11.5 Å². The van der Waals surface area contributed by atoms with Gasteiger partial charge in [0.15, 0.2) is 4.80 Å². The number of thiazole rings is 1. The van der Waals surface area contributed by atoms with Crippen LogP contribution in [0.2, 0.25) is 0 Å². The average Bonchev–Trinajstić information content (AvgIpc) is 3.06. The van der Waals surface area contributed by atoms with Crippen molar-refractivity contribution in [2.24, 2.45) is 17.8 Å². The van der Waals surface area contributed by atoms with Crippen LogP contribution in [0.3, 0.4) is 0 Å². The number of rotatable bonds is 6. The third kappa shape index (κ3) is 5.31. The van der Waals surface area contributed by atoms with E-state index in [0.29, 0.717) is 21.9 Å². The second kappa shape index (κ2) is 9.01. The normalized spacial score (nSPS) is 12.4. The van der Waals surface area contributed by atoms with Gasteiger partial charge in [0.2, 0.25) is 0 Å². The number of ether oxygens (including phenoxy) is 1. The Morgan fingerprint density at radius 3 is 2.61 bits per heavy atom. The molecule has 0 spiro atoms. The van der Waals surface area contributed by atoms with Gasteiger partial charge >= 0.3 is 6.03 Å². The van der Waals surface area contributed by atoms with Crippen molar-refractivity contribution in [1.29, 1.82) is 0 Å². The van der Waals surface area contributed by atoms with E-state index in [0.717, 1.165) is 0 Å². The van der Waals surface area contributed by atoms with Gasteiger partial charge in [0.05, 0.1) is 12.5 Å². The lowest BCUT2D eigenvalue weighted by Gasteiger charge is -2.17. The molecule has 0 saturated carbocycles. The number of hydrogen-bond donors (Lipinski definition) is 2. The SMILES string of the molecule is Cn1ccsc1=NC(=O)CC(NC(N)=O)c1cccc(Oc2ccccc2)c1. The Morgan fingerprint density at radius 1 is 1.18 bits per heavy atom. The van der Waals surface area contributed by atoms with E-state index in [1.165, 1.54) is 11.3 Å². The lowest BCUT2D eigenvalue weighted by Crippen LogP contribution is -2.34. The number of para-hydroxylation sites is 1. The second-order valence-corrected chi connectivity index (χ2v) is 6.93. The van der Waals surface area contributed by atoms with Crippen molar-refractivity contribution in [1.82, 2.24) is 9.88 Å². The second-order valence-electron chi connectivity index (χ2n) is 6.05. The van der Waals surface area contributed by atoms with Crippen LogP contribution in [-0.2, 0) is 11.8 Å². The lowest BCUT2D eigenvalue weighted by atomic mass is 10.0. The number of aryl methyl sites for hydroxylation is 1. The average molecular weight is 396 g/mol. The maximum Gasteiger partial charge on any atom is 0.312 e. The lowest BCUT2D eigenvalue weighted by molar-refractivity contribution is -0.118. The first-order chi connectivity index (χ1) is 13.5. The van der Waals surface area contributed by atoms with Crippen LogP contribution in [0.4, 0.5) is 4.79 Å². The minimum absolute atomic E-state index is 0.0182.